The first kappa shape index (κ1) is 11.7. The van der Waals surface area contributed by atoms with Gasteiger partial charge < -0.3 is 4.74 Å². The van der Waals surface area contributed by atoms with Crippen molar-refractivity contribution in [1.29, 1.82) is 0 Å². The molecule has 15 heavy (non-hydrogen) atoms. The zero-order chi connectivity index (χ0) is 11.3. The van der Waals surface area contributed by atoms with Crippen LogP contribution in [0.1, 0.15) is 24.9 Å². The van der Waals surface area contributed by atoms with Gasteiger partial charge in [-0.2, -0.15) is 0 Å². The van der Waals surface area contributed by atoms with Crippen molar-refractivity contribution in [2.75, 3.05) is 7.11 Å². The van der Waals surface area contributed by atoms with Gasteiger partial charge in [-0.1, -0.05) is 5.57 Å². The monoisotopic (exact) mass is 207 g/mol. The lowest BCUT2D eigenvalue weighted by Gasteiger charge is -2.18. The van der Waals surface area contributed by atoms with E-state index in [1.54, 1.807) is 19.5 Å². The van der Waals surface area contributed by atoms with Gasteiger partial charge in [-0.3, -0.25) is 16.3 Å². The first-order valence-corrected chi connectivity index (χ1v) is 4.77. The Bertz CT molecular complexity index is 338. The number of ether oxygens (including phenoxy) is 1. The minimum Gasteiger partial charge on any atom is -0.495 e. The highest BCUT2D eigenvalue weighted by Crippen LogP contribution is 2.27. The molecule has 1 atom stereocenters. The average Bonchev–Trinajstić information content (AvgIpc) is 2.25. The zero-order valence-electron chi connectivity index (χ0n) is 9.16. The smallest absolute Gasteiger partial charge is 0.141 e. The molecule has 0 saturated carbocycles. The van der Waals surface area contributed by atoms with Crippen molar-refractivity contribution >= 4 is 0 Å². The normalized spacial score (nSPS) is 12.2. The predicted octanol–water partition coefficient (Wildman–Crippen LogP) is 1.56. The van der Waals surface area contributed by atoms with Crippen LogP contribution in [0, 0.1) is 0 Å². The van der Waals surface area contributed by atoms with Crippen LogP contribution in [0.2, 0.25) is 0 Å². The molecular weight excluding hydrogens is 190 g/mol. The van der Waals surface area contributed by atoms with Gasteiger partial charge in [-0.25, -0.2) is 0 Å². The molecule has 0 radical (unpaired) electrons. The number of nitrogens with one attached hydrogen (secondary N) is 1. The summed E-state index contributed by atoms with van der Waals surface area (Å²) in [5.41, 5.74) is 4.82. The molecule has 1 aromatic heterocycles. The lowest BCUT2D eigenvalue weighted by atomic mass is 10.0. The SMILES string of the molecule is C=C(C)CC(NN)c1ccncc1OC. The highest BCUT2D eigenvalue weighted by atomic mass is 16.5. The molecule has 0 amide bonds. The summed E-state index contributed by atoms with van der Waals surface area (Å²) in [6, 6.07) is 1.91. The molecule has 0 aliphatic heterocycles. The van der Waals surface area contributed by atoms with E-state index >= 15 is 0 Å². The second-order valence-corrected chi connectivity index (χ2v) is 3.50. The molecule has 0 fully saturated rings. The third-order valence-electron chi connectivity index (χ3n) is 2.17. The van der Waals surface area contributed by atoms with Crippen molar-refractivity contribution < 1.29 is 4.74 Å². The molecule has 0 saturated heterocycles. The number of nitrogens with zero attached hydrogens (tertiary/aromatic N) is 1. The molecule has 3 N–H and O–H groups in total. The number of hydrazine groups is 1. The van der Waals surface area contributed by atoms with E-state index in [0.717, 1.165) is 23.3 Å². The largest absolute Gasteiger partial charge is 0.495 e. The highest BCUT2D eigenvalue weighted by Gasteiger charge is 2.14. The Balaban J connectivity index is 2.95. The number of methoxy groups -OCH3 is 1. The molecule has 0 aromatic carbocycles. The van der Waals surface area contributed by atoms with Gasteiger partial charge in [0, 0.05) is 11.8 Å². The summed E-state index contributed by atoms with van der Waals surface area (Å²) < 4.78 is 5.22. The Morgan fingerprint density at radius 3 is 3.00 bits per heavy atom. The minimum absolute atomic E-state index is 0.0143. The molecule has 82 valence electrons. The van der Waals surface area contributed by atoms with Crippen molar-refractivity contribution in [3.63, 3.8) is 0 Å². The minimum atomic E-state index is 0.0143. The van der Waals surface area contributed by atoms with Crippen molar-refractivity contribution in [1.82, 2.24) is 10.4 Å². The maximum Gasteiger partial charge on any atom is 0.141 e. The van der Waals surface area contributed by atoms with Crippen LogP contribution in [0.4, 0.5) is 0 Å². The Hall–Kier alpha value is -1.39. The predicted molar refractivity (Wildman–Crippen MR) is 60.3 cm³/mol. The Labute approximate surface area is 90.1 Å². The van der Waals surface area contributed by atoms with Crippen LogP contribution in [0.25, 0.3) is 0 Å². The van der Waals surface area contributed by atoms with Crippen molar-refractivity contribution in [2.24, 2.45) is 5.84 Å². The molecule has 4 nitrogen and oxygen atoms in total. The number of aromatic nitrogens is 1. The van der Waals surface area contributed by atoms with E-state index < -0.39 is 0 Å². The summed E-state index contributed by atoms with van der Waals surface area (Å²) in [5.74, 6) is 6.25. The van der Waals surface area contributed by atoms with E-state index in [0.29, 0.717) is 0 Å². The second-order valence-electron chi connectivity index (χ2n) is 3.50. The molecule has 1 aromatic rings. The van der Waals surface area contributed by atoms with Gasteiger partial charge in [-0.15, -0.1) is 6.58 Å². The molecule has 1 heterocycles. The van der Waals surface area contributed by atoms with E-state index in [-0.39, 0.29) is 6.04 Å². The van der Waals surface area contributed by atoms with Crippen molar-refractivity contribution in [2.45, 2.75) is 19.4 Å². The van der Waals surface area contributed by atoms with E-state index in [1.807, 2.05) is 13.0 Å². The molecule has 4 heteroatoms. The van der Waals surface area contributed by atoms with E-state index in [4.69, 9.17) is 10.6 Å². The molecule has 0 aliphatic rings. The maximum atomic E-state index is 5.51. The van der Waals surface area contributed by atoms with Gasteiger partial charge in [0.1, 0.15) is 5.75 Å². The lowest BCUT2D eigenvalue weighted by molar-refractivity contribution is 0.397. The molecule has 1 rings (SSSR count). The van der Waals surface area contributed by atoms with Gasteiger partial charge in [0.25, 0.3) is 0 Å². The topological polar surface area (TPSA) is 60.2 Å². The average molecular weight is 207 g/mol. The number of rotatable bonds is 5. The van der Waals surface area contributed by atoms with Gasteiger partial charge in [0.2, 0.25) is 0 Å². The molecule has 0 spiro atoms. The number of pyridine rings is 1. The molecule has 1 unspecified atom stereocenters. The van der Waals surface area contributed by atoms with Gasteiger partial charge in [-0.05, 0) is 19.4 Å². The molecule has 0 aliphatic carbocycles. The van der Waals surface area contributed by atoms with Gasteiger partial charge in [0.15, 0.2) is 0 Å². The lowest BCUT2D eigenvalue weighted by Crippen LogP contribution is -2.28. The Morgan fingerprint density at radius 1 is 1.73 bits per heavy atom. The fourth-order valence-corrected chi connectivity index (χ4v) is 1.46. The van der Waals surface area contributed by atoms with E-state index in [2.05, 4.69) is 17.0 Å². The van der Waals surface area contributed by atoms with Gasteiger partial charge >= 0.3 is 0 Å². The molecule has 0 bridgehead atoms. The van der Waals surface area contributed by atoms with E-state index in [1.165, 1.54) is 0 Å². The van der Waals surface area contributed by atoms with E-state index in [9.17, 15) is 0 Å². The second kappa shape index (κ2) is 5.48. The quantitative estimate of drug-likeness (QED) is 0.437. The Morgan fingerprint density at radius 2 is 2.47 bits per heavy atom. The van der Waals surface area contributed by atoms with Crippen LogP contribution in [0.5, 0.6) is 5.75 Å². The Kier molecular flexibility index (Phi) is 4.27. The fourth-order valence-electron chi connectivity index (χ4n) is 1.46. The third-order valence-corrected chi connectivity index (χ3v) is 2.17. The molecular formula is C11H17N3O. The number of hydrogen-bond acceptors (Lipinski definition) is 4. The summed E-state index contributed by atoms with van der Waals surface area (Å²) in [6.45, 7) is 5.84. The first-order chi connectivity index (χ1) is 7.19. The third kappa shape index (κ3) is 3.04. The van der Waals surface area contributed by atoms with Gasteiger partial charge in [0.05, 0.1) is 19.3 Å². The summed E-state index contributed by atoms with van der Waals surface area (Å²) in [4.78, 5) is 4.00. The first-order valence-electron chi connectivity index (χ1n) is 4.77. The van der Waals surface area contributed by atoms with Crippen LogP contribution in [0.3, 0.4) is 0 Å². The summed E-state index contributed by atoms with van der Waals surface area (Å²) in [6.07, 6.45) is 4.18. The van der Waals surface area contributed by atoms with Crippen LogP contribution in [-0.2, 0) is 0 Å². The summed E-state index contributed by atoms with van der Waals surface area (Å²) in [5, 5.41) is 0. The zero-order valence-corrected chi connectivity index (χ0v) is 9.16. The highest BCUT2D eigenvalue weighted by molar-refractivity contribution is 5.33. The van der Waals surface area contributed by atoms with Crippen molar-refractivity contribution in [3.8, 4) is 5.75 Å². The fraction of sp³-hybridized carbons (Fsp3) is 0.364. The standard InChI is InChI=1S/C11H17N3O/c1-8(2)6-10(14-12)9-4-5-13-7-11(9)15-3/h4-5,7,10,14H,1,6,12H2,2-3H3. The summed E-state index contributed by atoms with van der Waals surface area (Å²) in [7, 11) is 1.62. The van der Waals surface area contributed by atoms with Crippen LogP contribution in [0.15, 0.2) is 30.6 Å². The summed E-state index contributed by atoms with van der Waals surface area (Å²) >= 11 is 0. The van der Waals surface area contributed by atoms with Crippen LogP contribution in [-0.4, -0.2) is 12.1 Å². The number of nitrogens with two attached hydrogens (primary N) is 1. The van der Waals surface area contributed by atoms with Crippen LogP contribution >= 0.6 is 0 Å². The number of hydrogen-bond donors (Lipinski definition) is 2. The van der Waals surface area contributed by atoms with Crippen molar-refractivity contribution in [3.05, 3.63) is 36.2 Å². The maximum absolute atomic E-state index is 5.51. The van der Waals surface area contributed by atoms with Crippen LogP contribution < -0.4 is 16.0 Å².